The van der Waals surface area contributed by atoms with Crippen molar-refractivity contribution >= 4 is 55.5 Å². The van der Waals surface area contributed by atoms with E-state index in [9.17, 15) is 0 Å². The molecule has 0 bridgehead atoms. The minimum Gasteiger partial charge on any atom is -0.456 e. The zero-order valence-corrected chi connectivity index (χ0v) is 29.0. The van der Waals surface area contributed by atoms with Crippen molar-refractivity contribution < 1.29 is 8.83 Å². The topological polar surface area (TPSA) is 29.5 Å². The molecule has 0 saturated heterocycles. The number of anilines is 3. The summed E-state index contributed by atoms with van der Waals surface area (Å²) in [7, 11) is 0. The molecular weight excluding hydrogens is 635 g/mol. The van der Waals surface area contributed by atoms with Gasteiger partial charge < -0.3 is 13.7 Å². The van der Waals surface area contributed by atoms with Gasteiger partial charge in [0.2, 0.25) is 0 Å². The molecule has 2 unspecified atom stereocenters. The molecule has 0 fully saturated rings. The number of benzene rings is 6. The molecule has 0 N–H and O–H groups in total. The standard InChI is InChI=1S/C49H35NO2/c1-49(2)39-24-13-22-33(30-15-5-3-6-16-30)44(39)45-46(49)37-21-10-9-20-36(37)43-38-23-14-25-40(47(38)52-48(43)45)50(31-17-7-4-8-18-31)32-27-28-35-34-19-11-12-26-41(34)51-42(35)29-32/h3-29,36-37H,1-2H3. The van der Waals surface area contributed by atoms with Gasteiger partial charge in [0.25, 0.3) is 0 Å². The Morgan fingerprint density at radius 1 is 0.577 bits per heavy atom. The molecule has 248 valence electrons. The zero-order valence-electron chi connectivity index (χ0n) is 29.0. The minimum atomic E-state index is -0.175. The van der Waals surface area contributed by atoms with Gasteiger partial charge in [-0.25, -0.2) is 0 Å². The average molecular weight is 670 g/mol. The van der Waals surface area contributed by atoms with E-state index >= 15 is 0 Å². The molecule has 3 aliphatic rings. The van der Waals surface area contributed by atoms with Gasteiger partial charge >= 0.3 is 0 Å². The van der Waals surface area contributed by atoms with Gasteiger partial charge in [-0.15, -0.1) is 0 Å². The van der Waals surface area contributed by atoms with Crippen LogP contribution in [0.25, 0.3) is 49.6 Å². The monoisotopic (exact) mass is 669 g/mol. The van der Waals surface area contributed by atoms with Gasteiger partial charge in [-0.1, -0.05) is 135 Å². The number of furan rings is 2. The summed E-state index contributed by atoms with van der Waals surface area (Å²) < 4.78 is 13.8. The highest BCUT2D eigenvalue weighted by atomic mass is 16.3. The van der Waals surface area contributed by atoms with Crippen LogP contribution in [0.1, 0.15) is 42.2 Å². The summed E-state index contributed by atoms with van der Waals surface area (Å²) in [4.78, 5) is 2.31. The lowest BCUT2D eigenvalue weighted by atomic mass is 9.66. The first-order valence-electron chi connectivity index (χ1n) is 18.2. The Morgan fingerprint density at radius 2 is 1.29 bits per heavy atom. The molecule has 2 aromatic heterocycles. The van der Waals surface area contributed by atoms with E-state index in [1.165, 1.54) is 39.0 Å². The second kappa shape index (κ2) is 10.8. The number of nitrogens with zero attached hydrogens (tertiary/aromatic N) is 1. The third-order valence-electron chi connectivity index (χ3n) is 11.7. The Labute approximate surface area is 302 Å². The van der Waals surface area contributed by atoms with Crippen molar-refractivity contribution in [1.82, 2.24) is 0 Å². The van der Waals surface area contributed by atoms with Gasteiger partial charge in [0.15, 0.2) is 5.58 Å². The number of hydrogen-bond acceptors (Lipinski definition) is 3. The van der Waals surface area contributed by atoms with Crippen molar-refractivity contribution in [3.63, 3.8) is 0 Å². The molecule has 3 aliphatic carbocycles. The second-order valence-electron chi connectivity index (χ2n) is 14.8. The lowest BCUT2D eigenvalue weighted by Gasteiger charge is -2.37. The lowest BCUT2D eigenvalue weighted by Crippen LogP contribution is -2.28. The molecule has 6 aromatic carbocycles. The fourth-order valence-corrected chi connectivity index (χ4v) is 9.45. The van der Waals surface area contributed by atoms with Gasteiger partial charge in [0.1, 0.15) is 16.9 Å². The minimum absolute atomic E-state index is 0.168. The van der Waals surface area contributed by atoms with E-state index in [1.54, 1.807) is 0 Å². The maximum atomic E-state index is 7.40. The van der Waals surface area contributed by atoms with E-state index in [1.807, 2.05) is 12.1 Å². The Hall–Kier alpha value is -6.32. The molecule has 2 atom stereocenters. The van der Waals surface area contributed by atoms with Crippen LogP contribution in [-0.4, -0.2) is 0 Å². The molecule has 52 heavy (non-hydrogen) atoms. The lowest BCUT2D eigenvalue weighted by molar-refractivity contribution is 0.507. The number of hydrogen-bond donors (Lipinski definition) is 0. The highest BCUT2D eigenvalue weighted by Crippen LogP contribution is 2.62. The largest absolute Gasteiger partial charge is 0.456 e. The molecule has 0 aliphatic heterocycles. The van der Waals surface area contributed by atoms with Gasteiger partial charge in [-0.05, 0) is 64.2 Å². The highest BCUT2D eigenvalue weighted by molar-refractivity contribution is 6.08. The molecule has 0 amide bonds. The van der Waals surface area contributed by atoms with Crippen LogP contribution in [0, 0.1) is 5.92 Å². The first-order valence-corrected chi connectivity index (χ1v) is 18.2. The van der Waals surface area contributed by atoms with E-state index in [0.29, 0.717) is 0 Å². The Kier molecular flexibility index (Phi) is 6.13. The Morgan fingerprint density at radius 3 is 2.13 bits per heavy atom. The summed E-state index contributed by atoms with van der Waals surface area (Å²) >= 11 is 0. The molecule has 11 rings (SSSR count). The molecule has 2 heterocycles. The molecule has 0 radical (unpaired) electrons. The fourth-order valence-electron chi connectivity index (χ4n) is 9.45. The van der Waals surface area contributed by atoms with E-state index in [-0.39, 0.29) is 17.3 Å². The second-order valence-corrected chi connectivity index (χ2v) is 14.8. The number of fused-ring (bicyclic) bond motifs is 12. The maximum absolute atomic E-state index is 7.40. The van der Waals surface area contributed by atoms with E-state index in [2.05, 4.69) is 170 Å². The summed E-state index contributed by atoms with van der Waals surface area (Å²) in [6.45, 7) is 4.80. The SMILES string of the molecule is CC1(C)C2=C(c3oc4c(N(c5ccccc5)c5ccc6c(c5)oc5ccccc56)cccc4c3C3C=CC=CC23)c2c(-c3ccccc3)cccc21. The molecule has 0 spiro atoms. The average Bonchev–Trinajstić information content (AvgIpc) is 3.84. The number of allylic oxidation sites excluding steroid dienone is 5. The van der Waals surface area contributed by atoms with Gasteiger partial charge in [-0.3, -0.25) is 0 Å². The van der Waals surface area contributed by atoms with Crippen LogP contribution in [0.2, 0.25) is 0 Å². The van der Waals surface area contributed by atoms with Crippen molar-refractivity contribution in [2.24, 2.45) is 5.92 Å². The maximum Gasteiger partial charge on any atom is 0.159 e. The fraction of sp³-hybridized carbons (Fsp3) is 0.102. The summed E-state index contributed by atoms with van der Waals surface area (Å²) in [5.74, 6) is 1.39. The van der Waals surface area contributed by atoms with Gasteiger partial charge in [-0.2, -0.15) is 0 Å². The first-order chi connectivity index (χ1) is 25.6. The van der Waals surface area contributed by atoms with Crippen LogP contribution in [0.5, 0.6) is 0 Å². The summed E-state index contributed by atoms with van der Waals surface area (Å²) in [5, 5.41) is 3.39. The van der Waals surface area contributed by atoms with Crippen molar-refractivity contribution in [3.8, 4) is 11.1 Å². The van der Waals surface area contributed by atoms with Gasteiger partial charge in [0.05, 0.1) is 11.4 Å². The third-order valence-corrected chi connectivity index (χ3v) is 11.7. The van der Waals surface area contributed by atoms with Gasteiger partial charge in [0, 0.05) is 56.3 Å². The first kappa shape index (κ1) is 29.4. The smallest absolute Gasteiger partial charge is 0.159 e. The summed E-state index contributed by atoms with van der Waals surface area (Å²) in [6.07, 6.45) is 9.24. The highest BCUT2D eigenvalue weighted by Gasteiger charge is 2.50. The Balaban J connectivity index is 1.19. The van der Waals surface area contributed by atoms with Crippen molar-refractivity contribution in [3.05, 3.63) is 192 Å². The van der Waals surface area contributed by atoms with Crippen LogP contribution < -0.4 is 4.90 Å². The van der Waals surface area contributed by atoms with E-state index in [0.717, 1.165) is 55.7 Å². The normalized spacial score (nSPS) is 18.1. The Bertz CT molecular complexity index is 2830. The zero-order chi connectivity index (χ0) is 34.6. The number of para-hydroxylation sites is 3. The third kappa shape index (κ3) is 4.02. The molecule has 3 nitrogen and oxygen atoms in total. The molecule has 8 aromatic rings. The van der Waals surface area contributed by atoms with Crippen LogP contribution in [-0.2, 0) is 5.41 Å². The predicted molar refractivity (Wildman–Crippen MR) is 214 cm³/mol. The van der Waals surface area contributed by atoms with Crippen molar-refractivity contribution in [2.45, 2.75) is 25.2 Å². The van der Waals surface area contributed by atoms with Crippen molar-refractivity contribution in [1.29, 1.82) is 0 Å². The number of rotatable bonds is 4. The van der Waals surface area contributed by atoms with E-state index < -0.39 is 0 Å². The van der Waals surface area contributed by atoms with E-state index in [4.69, 9.17) is 8.83 Å². The van der Waals surface area contributed by atoms with Crippen LogP contribution in [0.3, 0.4) is 0 Å². The molecular formula is C49H35NO2. The van der Waals surface area contributed by atoms with Crippen LogP contribution in [0.4, 0.5) is 17.1 Å². The molecule has 3 heteroatoms. The van der Waals surface area contributed by atoms with Crippen LogP contribution >= 0.6 is 0 Å². The summed E-state index contributed by atoms with van der Waals surface area (Å²) in [6, 6.07) is 49.7. The van der Waals surface area contributed by atoms with Crippen LogP contribution in [0.15, 0.2) is 178 Å². The summed E-state index contributed by atoms with van der Waals surface area (Å²) in [5.41, 5.74) is 14.6. The van der Waals surface area contributed by atoms with Crippen molar-refractivity contribution in [2.75, 3.05) is 4.90 Å². The quantitative estimate of drug-likeness (QED) is 0.187. The predicted octanol–water partition coefficient (Wildman–Crippen LogP) is 13.4. The molecule has 0 saturated carbocycles.